The third-order valence-electron chi connectivity index (χ3n) is 5.23. The molecule has 3 rings (SSSR count). The number of nitrogens with one attached hydrogen (secondary N) is 3. The monoisotopic (exact) mass is 440 g/mol. The van der Waals surface area contributed by atoms with Gasteiger partial charge in [-0.3, -0.25) is 0 Å². The van der Waals surface area contributed by atoms with Crippen molar-refractivity contribution in [3.05, 3.63) is 28.5 Å². The molecule has 27 heavy (non-hydrogen) atoms. The molecule has 2 fully saturated rings. The van der Waals surface area contributed by atoms with E-state index in [0.717, 1.165) is 25.7 Å². The van der Waals surface area contributed by atoms with Gasteiger partial charge in [-0.05, 0) is 59.8 Å². The third kappa shape index (κ3) is 5.82. The van der Waals surface area contributed by atoms with Crippen molar-refractivity contribution in [3.63, 3.8) is 0 Å². The number of rotatable bonds is 3. The molecule has 1 saturated carbocycles. The molecule has 1 aliphatic carbocycles. The van der Waals surface area contributed by atoms with Crippen LogP contribution in [0.4, 0.5) is 19.7 Å². The fraction of sp³-hybridized carbons (Fsp3) is 0.579. The molecule has 6 nitrogen and oxygen atoms in total. The Labute approximate surface area is 167 Å². The van der Waals surface area contributed by atoms with Crippen LogP contribution < -0.4 is 16.0 Å². The van der Waals surface area contributed by atoms with Crippen LogP contribution in [-0.4, -0.2) is 42.1 Å². The van der Waals surface area contributed by atoms with E-state index in [2.05, 4.69) is 31.9 Å². The first kappa shape index (κ1) is 19.9. The number of hydrogen-bond donors (Lipinski definition) is 3. The number of carbonyl (C=O) groups excluding carboxylic acids is 2. The summed E-state index contributed by atoms with van der Waals surface area (Å²) in [5.74, 6) is -0.363. The van der Waals surface area contributed by atoms with Crippen LogP contribution in [-0.2, 0) is 0 Å². The van der Waals surface area contributed by atoms with Gasteiger partial charge in [-0.1, -0.05) is 19.3 Å². The van der Waals surface area contributed by atoms with E-state index in [9.17, 15) is 14.0 Å². The van der Waals surface area contributed by atoms with Crippen LogP contribution in [0.2, 0.25) is 0 Å². The van der Waals surface area contributed by atoms with Gasteiger partial charge in [0.25, 0.3) is 0 Å². The summed E-state index contributed by atoms with van der Waals surface area (Å²) in [6.45, 7) is 1.14. The number of piperidine rings is 1. The van der Waals surface area contributed by atoms with Crippen molar-refractivity contribution in [2.75, 3.05) is 18.4 Å². The lowest BCUT2D eigenvalue weighted by Crippen LogP contribution is -2.51. The number of urea groups is 2. The van der Waals surface area contributed by atoms with Crippen molar-refractivity contribution in [3.8, 4) is 0 Å². The lowest BCUT2D eigenvalue weighted by Gasteiger charge is -2.33. The maximum Gasteiger partial charge on any atom is 0.321 e. The van der Waals surface area contributed by atoms with Gasteiger partial charge in [0, 0.05) is 29.6 Å². The number of amides is 4. The first-order valence-electron chi connectivity index (χ1n) is 9.59. The standard InChI is InChI=1S/C19H26BrFN4O2/c20-16-12-13(21)6-7-17(16)24-19(27)25-10-8-15(9-11-25)23-18(26)22-14-4-2-1-3-5-14/h6-7,12,14-15H,1-5,8-11H2,(H,24,27)(H2,22,23,26). The second-order valence-corrected chi connectivity index (χ2v) is 8.12. The van der Waals surface area contributed by atoms with Gasteiger partial charge in [-0.15, -0.1) is 0 Å². The van der Waals surface area contributed by atoms with E-state index in [4.69, 9.17) is 0 Å². The molecule has 8 heteroatoms. The average Bonchev–Trinajstić information content (AvgIpc) is 2.65. The minimum atomic E-state index is -0.363. The minimum Gasteiger partial charge on any atom is -0.335 e. The number of carbonyl (C=O) groups is 2. The summed E-state index contributed by atoms with van der Waals surface area (Å²) in [7, 11) is 0. The van der Waals surface area contributed by atoms with Crippen molar-refractivity contribution in [1.82, 2.24) is 15.5 Å². The minimum absolute atomic E-state index is 0.0789. The molecule has 148 valence electrons. The Morgan fingerprint density at radius 1 is 1.00 bits per heavy atom. The predicted molar refractivity (Wildman–Crippen MR) is 106 cm³/mol. The zero-order chi connectivity index (χ0) is 19.2. The second kappa shape index (κ2) is 9.39. The Morgan fingerprint density at radius 3 is 2.26 bits per heavy atom. The summed E-state index contributed by atoms with van der Waals surface area (Å²) in [6.07, 6.45) is 7.18. The van der Waals surface area contributed by atoms with Crippen molar-refractivity contribution in [2.24, 2.45) is 0 Å². The Hall–Kier alpha value is -1.83. The Kier molecular flexibility index (Phi) is 6.93. The Balaban J connectivity index is 1.41. The number of benzene rings is 1. The van der Waals surface area contributed by atoms with Crippen molar-refractivity contribution in [2.45, 2.75) is 57.0 Å². The molecule has 1 aromatic rings. The third-order valence-corrected chi connectivity index (χ3v) is 5.89. The van der Waals surface area contributed by atoms with E-state index < -0.39 is 0 Å². The number of anilines is 1. The quantitative estimate of drug-likeness (QED) is 0.658. The van der Waals surface area contributed by atoms with Gasteiger partial charge >= 0.3 is 12.1 Å². The number of halogens is 2. The zero-order valence-electron chi connectivity index (χ0n) is 15.3. The molecule has 3 N–H and O–H groups in total. The fourth-order valence-corrected chi connectivity index (χ4v) is 4.12. The van der Waals surface area contributed by atoms with Gasteiger partial charge in [-0.2, -0.15) is 0 Å². The lowest BCUT2D eigenvalue weighted by molar-refractivity contribution is 0.186. The molecule has 0 bridgehead atoms. The fourth-order valence-electron chi connectivity index (χ4n) is 3.67. The highest BCUT2D eigenvalue weighted by molar-refractivity contribution is 9.10. The van der Waals surface area contributed by atoms with Gasteiger partial charge in [0.1, 0.15) is 5.82 Å². The molecule has 1 saturated heterocycles. The van der Waals surface area contributed by atoms with Gasteiger partial charge in [-0.25, -0.2) is 14.0 Å². The molecule has 0 aromatic heterocycles. The molecule has 1 aromatic carbocycles. The van der Waals surface area contributed by atoms with Gasteiger partial charge in [0.15, 0.2) is 0 Å². The average molecular weight is 441 g/mol. The summed E-state index contributed by atoms with van der Waals surface area (Å²) in [4.78, 5) is 26.3. The summed E-state index contributed by atoms with van der Waals surface area (Å²) in [5, 5.41) is 8.89. The molecule has 4 amide bonds. The number of likely N-dealkylation sites (tertiary alicyclic amines) is 1. The summed E-state index contributed by atoms with van der Waals surface area (Å²) >= 11 is 3.25. The maximum absolute atomic E-state index is 13.1. The summed E-state index contributed by atoms with van der Waals surface area (Å²) < 4.78 is 13.6. The second-order valence-electron chi connectivity index (χ2n) is 7.27. The van der Waals surface area contributed by atoms with Crippen LogP contribution in [0.25, 0.3) is 0 Å². The van der Waals surface area contributed by atoms with E-state index in [1.165, 1.54) is 37.5 Å². The topological polar surface area (TPSA) is 73.5 Å². The van der Waals surface area contributed by atoms with Crippen LogP contribution in [0.3, 0.4) is 0 Å². The van der Waals surface area contributed by atoms with E-state index >= 15 is 0 Å². The van der Waals surface area contributed by atoms with Crippen molar-refractivity contribution in [1.29, 1.82) is 0 Å². The molecule has 0 unspecified atom stereocenters. The molecule has 2 aliphatic rings. The normalized spacial score (nSPS) is 18.8. The van der Waals surface area contributed by atoms with Gasteiger partial charge in [0.05, 0.1) is 5.69 Å². The largest absolute Gasteiger partial charge is 0.335 e. The van der Waals surface area contributed by atoms with E-state index in [1.54, 1.807) is 4.90 Å². The molecule has 0 atom stereocenters. The van der Waals surface area contributed by atoms with Crippen molar-refractivity contribution >= 4 is 33.7 Å². The lowest BCUT2D eigenvalue weighted by atomic mass is 9.96. The molecular weight excluding hydrogens is 415 g/mol. The Morgan fingerprint density at radius 2 is 1.63 bits per heavy atom. The summed E-state index contributed by atoms with van der Waals surface area (Å²) in [6, 6.07) is 4.21. The molecular formula is C19H26BrFN4O2. The first-order chi connectivity index (χ1) is 13.0. The zero-order valence-corrected chi connectivity index (χ0v) is 16.9. The number of hydrogen-bond acceptors (Lipinski definition) is 2. The van der Waals surface area contributed by atoms with Gasteiger partial charge in [0.2, 0.25) is 0 Å². The highest BCUT2D eigenvalue weighted by Gasteiger charge is 2.25. The van der Waals surface area contributed by atoms with Crippen LogP contribution in [0, 0.1) is 5.82 Å². The van der Waals surface area contributed by atoms with Crippen LogP contribution >= 0.6 is 15.9 Å². The molecule has 0 radical (unpaired) electrons. The van der Waals surface area contributed by atoms with Crippen LogP contribution in [0.5, 0.6) is 0 Å². The van der Waals surface area contributed by atoms with Crippen LogP contribution in [0.15, 0.2) is 22.7 Å². The summed E-state index contributed by atoms with van der Waals surface area (Å²) in [5.41, 5.74) is 0.536. The highest BCUT2D eigenvalue weighted by atomic mass is 79.9. The first-order valence-corrected chi connectivity index (χ1v) is 10.4. The van der Waals surface area contributed by atoms with Gasteiger partial charge < -0.3 is 20.9 Å². The van der Waals surface area contributed by atoms with Crippen LogP contribution in [0.1, 0.15) is 44.9 Å². The predicted octanol–water partition coefficient (Wildman–Crippen LogP) is 4.22. The van der Waals surface area contributed by atoms with E-state index in [1.807, 2.05) is 0 Å². The maximum atomic E-state index is 13.1. The number of nitrogens with zero attached hydrogens (tertiary/aromatic N) is 1. The SMILES string of the molecule is O=C(NC1CCCCC1)NC1CCN(C(=O)Nc2ccc(F)cc2Br)CC1. The molecule has 0 spiro atoms. The van der Waals surface area contributed by atoms with E-state index in [-0.39, 0.29) is 23.9 Å². The highest BCUT2D eigenvalue weighted by Crippen LogP contribution is 2.24. The Bertz CT molecular complexity index is 674. The molecule has 1 aliphatic heterocycles. The smallest absolute Gasteiger partial charge is 0.321 e. The van der Waals surface area contributed by atoms with Crippen molar-refractivity contribution < 1.29 is 14.0 Å². The van der Waals surface area contributed by atoms with E-state index in [0.29, 0.717) is 29.3 Å². The molecule has 1 heterocycles.